The van der Waals surface area contributed by atoms with Crippen molar-refractivity contribution in [3.8, 4) is 0 Å². The van der Waals surface area contributed by atoms with Gasteiger partial charge < -0.3 is 10.6 Å². The Morgan fingerprint density at radius 3 is 2.14 bits per heavy atom. The molecule has 3 rings (SSSR count). The van der Waals surface area contributed by atoms with Crippen LogP contribution in [0.1, 0.15) is 15.9 Å². The topological polar surface area (TPSA) is 83.7 Å². The van der Waals surface area contributed by atoms with Crippen LogP contribution >= 0.6 is 12.4 Å². The van der Waals surface area contributed by atoms with Crippen molar-refractivity contribution in [2.75, 3.05) is 26.2 Å². The van der Waals surface area contributed by atoms with E-state index in [2.05, 4.69) is 0 Å². The zero-order chi connectivity index (χ0) is 19.6. The SMILES string of the molecule is Cl.NCc1ccc(C(=O)N2CCN(S(=O)(=O)c3ccc(F)cc3F)CC2)cc1. The van der Waals surface area contributed by atoms with Crippen molar-refractivity contribution in [3.05, 3.63) is 65.2 Å². The van der Waals surface area contributed by atoms with Crippen LogP contribution in [0, 0.1) is 11.6 Å². The van der Waals surface area contributed by atoms with Crippen molar-refractivity contribution in [2.24, 2.45) is 5.73 Å². The number of benzene rings is 2. The van der Waals surface area contributed by atoms with Gasteiger partial charge in [-0.2, -0.15) is 4.31 Å². The molecule has 0 bridgehead atoms. The maximum absolute atomic E-state index is 13.9. The molecular weight excluding hydrogens is 412 g/mol. The van der Waals surface area contributed by atoms with E-state index < -0.39 is 26.6 Å². The number of piperazine rings is 1. The number of rotatable bonds is 4. The second-order valence-corrected chi connectivity index (χ2v) is 8.08. The van der Waals surface area contributed by atoms with E-state index in [-0.39, 0.29) is 44.5 Å². The first-order valence-corrected chi connectivity index (χ1v) is 9.80. The highest BCUT2D eigenvalue weighted by Gasteiger charge is 2.32. The molecule has 1 heterocycles. The zero-order valence-corrected chi connectivity index (χ0v) is 16.5. The van der Waals surface area contributed by atoms with E-state index in [9.17, 15) is 22.0 Å². The van der Waals surface area contributed by atoms with Gasteiger partial charge in [0.05, 0.1) is 0 Å². The number of nitrogens with zero attached hydrogens (tertiary/aromatic N) is 2. The molecular formula is C18H20ClF2N3O3S. The minimum atomic E-state index is -4.09. The van der Waals surface area contributed by atoms with Gasteiger partial charge >= 0.3 is 0 Å². The highest BCUT2D eigenvalue weighted by molar-refractivity contribution is 7.89. The van der Waals surface area contributed by atoms with Gasteiger partial charge in [0.25, 0.3) is 5.91 Å². The number of nitrogens with two attached hydrogens (primary N) is 1. The third kappa shape index (κ3) is 4.49. The molecule has 1 amide bonds. The van der Waals surface area contributed by atoms with Gasteiger partial charge in [-0.3, -0.25) is 4.79 Å². The highest BCUT2D eigenvalue weighted by Crippen LogP contribution is 2.22. The normalized spacial score (nSPS) is 15.2. The van der Waals surface area contributed by atoms with Crippen LogP contribution in [-0.4, -0.2) is 49.7 Å². The predicted octanol–water partition coefficient (Wildman–Crippen LogP) is 1.99. The smallest absolute Gasteiger partial charge is 0.253 e. The van der Waals surface area contributed by atoms with E-state index in [1.165, 1.54) is 0 Å². The molecule has 10 heteroatoms. The van der Waals surface area contributed by atoms with E-state index in [0.717, 1.165) is 22.0 Å². The van der Waals surface area contributed by atoms with Gasteiger partial charge in [-0.15, -0.1) is 12.4 Å². The highest BCUT2D eigenvalue weighted by atomic mass is 35.5. The molecule has 0 unspecified atom stereocenters. The summed E-state index contributed by atoms with van der Waals surface area (Å²) in [5.74, 6) is -2.18. The quantitative estimate of drug-likeness (QED) is 0.802. The van der Waals surface area contributed by atoms with Gasteiger partial charge in [-0.05, 0) is 29.8 Å². The average Bonchev–Trinajstić information content (AvgIpc) is 2.67. The number of hydrogen-bond acceptors (Lipinski definition) is 4. The Hall–Kier alpha value is -2.07. The molecule has 0 aliphatic carbocycles. The van der Waals surface area contributed by atoms with E-state index in [4.69, 9.17) is 5.73 Å². The minimum absolute atomic E-state index is 0. The predicted molar refractivity (Wildman–Crippen MR) is 103 cm³/mol. The molecule has 6 nitrogen and oxygen atoms in total. The first-order valence-electron chi connectivity index (χ1n) is 8.36. The van der Waals surface area contributed by atoms with Crippen molar-refractivity contribution in [3.63, 3.8) is 0 Å². The molecule has 1 aliphatic heterocycles. The molecule has 0 radical (unpaired) electrons. The Morgan fingerprint density at radius 2 is 1.61 bits per heavy atom. The third-order valence-corrected chi connectivity index (χ3v) is 6.41. The number of amides is 1. The van der Waals surface area contributed by atoms with E-state index in [1.807, 2.05) is 0 Å². The van der Waals surface area contributed by atoms with Gasteiger partial charge in [0.1, 0.15) is 16.5 Å². The molecule has 1 aliphatic rings. The Bertz CT molecular complexity index is 947. The monoisotopic (exact) mass is 431 g/mol. The fourth-order valence-electron chi connectivity index (χ4n) is 2.92. The summed E-state index contributed by atoms with van der Waals surface area (Å²) >= 11 is 0. The molecule has 1 fully saturated rings. The summed E-state index contributed by atoms with van der Waals surface area (Å²) in [6.07, 6.45) is 0. The Kier molecular flexibility index (Phi) is 7.11. The minimum Gasteiger partial charge on any atom is -0.336 e. The Morgan fingerprint density at radius 1 is 1.00 bits per heavy atom. The summed E-state index contributed by atoms with van der Waals surface area (Å²) in [5.41, 5.74) is 6.94. The van der Waals surface area contributed by atoms with Crippen molar-refractivity contribution < 1.29 is 22.0 Å². The molecule has 2 aromatic rings. The molecule has 0 saturated carbocycles. The fraction of sp³-hybridized carbons (Fsp3) is 0.278. The lowest BCUT2D eigenvalue weighted by atomic mass is 10.1. The number of carbonyl (C=O) groups excluding carboxylic acids is 1. The number of hydrogen-bond donors (Lipinski definition) is 1. The third-order valence-electron chi connectivity index (χ3n) is 4.47. The van der Waals surface area contributed by atoms with Crippen LogP contribution < -0.4 is 5.73 Å². The summed E-state index contributed by atoms with van der Waals surface area (Å²) in [4.78, 5) is 13.5. The van der Waals surface area contributed by atoms with Crippen molar-refractivity contribution in [1.29, 1.82) is 0 Å². The van der Waals surface area contributed by atoms with Gasteiger partial charge in [-0.25, -0.2) is 17.2 Å². The fourth-order valence-corrected chi connectivity index (χ4v) is 4.39. The summed E-state index contributed by atoms with van der Waals surface area (Å²) in [6, 6.07) is 9.26. The lowest BCUT2D eigenvalue weighted by Gasteiger charge is -2.34. The lowest BCUT2D eigenvalue weighted by molar-refractivity contribution is 0.0697. The molecule has 28 heavy (non-hydrogen) atoms. The number of halogens is 3. The maximum Gasteiger partial charge on any atom is 0.253 e. The average molecular weight is 432 g/mol. The molecule has 2 aromatic carbocycles. The van der Waals surface area contributed by atoms with Crippen molar-refractivity contribution in [2.45, 2.75) is 11.4 Å². The summed E-state index contributed by atoms with van der Waals surface area (Å²) < 4.78 is 53.2. The Balaban J connectivity index is 0.00000280. The number of sulfonamides is 1. The molecule has 0 spiro atoms. The molecule has 1 saturated heterocycles. The summed E-state index contributed by atoms with van der Waals surface area (Å²) in [6.45, 7) is 0.807. The van der Waals surface area contributed by atoms with Crippen LogP contribution in [0.25, 0.3) is 0 Å². The second kappa shape index (κ2) is 8.95. The van der Waals surface area contributed by atoms with Crippen LogP contribution in [0.3, 0.4) is 0 Å². The molecule has 0 atom stereocenters. The van der Waals surface area contributed by atoms with E-state index in [1.54, 1.807) is 29.2 Å². The summed E-state index contributed by atoms with van der Waals surface area (Å²) in [5, 5.41) is 0. The van der Waals surface area contributed by atoms with Crippen molar-refractivity contribution >= 4 is 28.3 Å². The largest absolute Gasteiger partial charge is 0.336 e. The molecule has 2 N–H and O–H groups in total. The van der Waals surface area contributed by atoms with Gasteiger partial charge in [0.15, 0.2) is 0 Å². The van der Waals surface area contributed by atoms with Crippen LogP contribution in [0.2, 0.25) is 0 Å². The van der Waals surface area contributed by atoms with Crippen LogP contribution in [-0.2, 0) is 16.6 Å². The van der Waals surface area contributed by atoms with Gasteiger partial charge in [-0.1, -0.05) is 12.1 Å². The van der Waals surface area contributed by atoms with Gasteiger partial charge in [0.2, 0.25) is 10.0 Å². The first kappa shape index (κ1) is 22.2. The van der Waals surface area contributed by atoms with E-state index >= 15 is 0 Å². The second-order valence-electron chi connectivity index (χ2n) is 6.17. The molecule has 0 aromatic heterocycles. The van der Waals surface area contributed by atoms with Crippen LogP contribution in [0.5, 0.6) is 0 Å². The first-order chi connectivity index (χ1) is 12.8. The van der Waals surface area contributed by atoms with Crippen LogP contribution in [0.15, 0.2) is 47.4 Å². The Labute approximate surface area is 168 Å². The molecule has 152 valence electrons. The zero-order valence-electron chi connectivity index (χ0n) is 14.8. The lowest BCUT2D eigenvalue weighted by Crippen LogP contribution is -2.50. The van der Waals surface area contributed by atoms with Crippen molar-refractivity contribution in [1.82, 2.24) is 9.21 Å². The maximum atomic E-state index is 13.9. The number of carbonyl (C=O) groups is 1. The van der Waals surface area contributed by atoms with Crippen LogP contribution in [0.4, 0.5) is 8.78 Å². The standard InChI is InChI=1S/C18H19F2N3O3S.ClH/c19-15-5-6-17(16(20)11-15)27(25,26)23-9-7-22(8-10-23)18(24)14-3-1-13(12-21)2-4-14;/h1-6,11H,7-10,12,21H2;1H. The van der Waals surface area contributed by atoms with E-state index in [0.29, 0.717) is 18.2 Å². The van der Waals surface area contributed by atoms with Gasteiger partial charge in [0, 0.05) is 44.4 Å². The summed E-state index contributed by atoms with van der Waals surface area (Å²) in [7, 11) is -4.09.